The number of hydrogen-bond acceptors (Lipinski definition) is 7. The first kappa shape index (κ1) is 33.7. The SMILES string of the molecule is COCC(F)(F)c1cccc2c1CC[C@@H]2O.COCC(F)(F)c1cccc2c1CC[C@H]2Oc1ccc2c(c1)OC[C@H]2CC(=O)OC. The average molecular weight is 647 g/mol. The van der Waals surface area contributed by atoms with Crippen LogP contribution in [0.1, 0.15) is 76.3 Å². The largest absolute Gasteiger partial charge is 0.492 e. The highest BCUT2D eigenvalue weighted by atomic mass is 19.3. The number of fused-ring (bicyclic) bond motifs is 3. The van der Waals surface area contributed by atoms with Gasteiger partial charge in [-0.2, -0.15) is 17.6 Å². The predicted molar refractivity (Wildman–Crippen MR) is 161 cm³/mol. The fourth-order valence-corrected chi connectivity index (χ4v) is 6.52. The predicted octanol–water partition coefficient (Wildman–Crippen LogP) is 6.93. The van der Waals surface area contributed by atoms with Crippen LogP contribution in [-0.2, 0) is 43.7 Å². The molecule has 3 aromatic carbocycles. The van der Waals surface area contributed by atoms with Crippen molar-refractivity contribution in [3.05, 3.63) is 93.5 Å². The molecule has 0 amide bonds. The van der Waals surface area contributed by atoms with E-state index in [1.165, 1.54) is 33.5 Å². The third-order valence-electron chi connectivity index (χ3n) is 8.68. The minimum absolute atomic E-state index is 0.0101. The van der Waals surface area contributed by atoms with Gasteiger partial charge in [0.1, 0.15) is 30.8 Å². The molecule has 7 nitrogen and oxygen atoms in total. The van der Waals surface area contributed by atoms with E-state index >= 15 is 0 Å². The summed E-state index contributed by atoms with van der Waals surface area (Å²) in [6.45, 7) is -0.860. The minimum atomic E-state index is -3.04. The fourth-order valence-electron chi connectivity index (χ4n) is 6.52. The van der Waals surface area contributed by atoms with Gasteiger partial charge < -0.3 is 28.8 Å². The van der Waals surface area contributed by atoms with Crippen LogP contribution in [0.3, 0.4) is 0 Å². The number of halogens is 4. The zero-order valence-corrected chi connectivity index (χ0v) is 26.0. The van der Waals surface area contributed by atoms with Crippen molar-refractivity contribution in [2.45, 2.75) is 62.1 Å². The first-order chi connectivity index (χ1) is 22.0. The second kappa shape index (κ2) is 14.0. The van der Waals surface area contributed by atoms with Crippen LogP contribution in [0.5, 0.6) is 11.5 Å². The number of hydrogen-bond donors (Lipinski definition) is 1. The normalized spacial score (nSPS) is 19.8. The summed E-state index contributed by atoms with van der Waals surface area (Å²) >= 11 is 0. The molecule has 1 heterocycles. The van der Waals surface area contributed by atoms with Gasteiger partial charge in [0.25, 0.3) is 11.8 Å². The topological polar surface area (TPSA) is 83.5 Å². The van der Waals surface area contributed by atoms with Crippen molar-refractivity contribution in [3.8, 4) is 11.5 Å². The number of benzene rings is 3. The van der Waals surface area contributed by atoms with Crippen LogP contribution in [0, 0.1) is 0 Å². The quantitative estimate of drug-likeness (QED) is 0.189. The number of aliphatic hydroxyl groups excluding tert-OH is 1. The first-order valence-electron chi connectivity index (χ1n) is 15.1. The summed E-state index contributed by atoms with van der Waals surface area (Å²) in [6.07, 6.45) is 1.53. The van der Waals surface area contributed by atoms with Crippen LogP contribution >= 0.6 is 0 Å². The smallest absolute Gasteiger partial charge is 0.306 e. The summed E-state index contributed by atoms with van der Waals surface area (Å²) in [4.78, 5) is 11.6. The van der Waals surface area contributed by atoms with E-state index in [2.05, 4.69) is 4.74 Å². The number of alkyl halides is 4. The maximum absolute atomic E-state index is 14.5. The molecular weight excluding hydrogens is 608 g/mol. The molecule has 46 heavy (non-hydrogen) atoms. The second-order valence-corrected chi connectivity index (χ2v) is 11.7. The molecule has 0 saturated heterocycles. The van der Waals surface area contributed by atoms with Gasteiger partial charge in [0, 0.05) is 42.9 Å². The Morgan fingerprint density at radius 2 is 1.46 bits per heavy atom. The Hall–Kier alpha value is -3.67. The molecular formula is C35H38F4O7. The van der Waals surface area contributed by atoms with Crippen molar-refractivity contribution < 1.29 is 51.1 Å². The van der Waals surface area contributed by atoms with E-state index in [0.717, 1.165) is 11.1 Å². The van der Waals surface area contributed by atoms with Crippen LogP contribution in [0.2, 0.25) is 0 Å². The molecule has 1 N–H and O–H groups in total. The Labute approximate surface area is 265 Å². The van der Waals surface area contributed by atoms with E-state index in [4.69, 9.17) is 18.9 Å². The van der Waals surface area contributed by atoms with Crippen LogP contribution in [-0.4, -0.2) is 52.2 Å². The van der Waals surface area contributed by atoms with Crippen molar-refractivity contribution in [3.63, 3.8) is 0 Å². The van der Waals surface area contributed by atoms with Gasteiger partial charge in [-0.3, -0.25) is 4.79 Å². The Balaban J connectivity index is 0.000000219. The standard InChI is InChI=1S/C23H24F2O5.C12H14F2O2/c1-27-13-23(24,25)19-5-3-4-18-17(19)8-9-20(18)30-15-6-7-16-14(10-22(26)28-2)12-29-21(16)11-15;1-16-7-12(13,14)10-4-2-3-9-8(10)5-6-11(9)15/h3-7,11,14,20H,8-10,12-13H2,1-2H3;2-4,11,15H,5-7H2,1H3/t14-,20-;11-/m10/s1. The molecule has 0 bridgehead atoms. The maximum atomic E-state index is 14.5. The molecule has 2 aliphatic carbocycles. The van der Waals surface area contributed by atoms with Gasteiger partial charge in [-0.05, 0) is 54.0 Å². The van der Waals surface area contributed by atoms with Crippen LogP contribution in [0.4, 0.5) is 17.6 Å². The molecule has 0 aromatic heterocycles. The van der Waals surface area contributed by atoms with Crippen LogP contribution in [0.15, 0.2) is 54.6 Å². The summed E-state index contributed by atoms with van der Waals surface area (Å²) in [5.74, 6) is -5.05. The maximum Gasteiger partial charge on any atom is 0.306 e. The summed E-state index contributed by atoms with van der Waals surface area (Å²) in [5, 5.41) is 9.63. The highest BCUT2D eigenvalue weighted by molar-refractivity contribution is 5.71. The monoisotopic (exact) mass is 646 g/mol. The molecule has 0 radical (unpaired) electrons. The summed E-state index contributed by atoms with van der Waals surface area (Å²) in [5.41, 5.74) is 3.58. The molecule has 11 heteroatoms. The highest BCUT2D eigenvalue weighted by Crippen LogP contribution is 2.44. The Kier molecular flexibility index (Phi) is 10.2. The van der Waals surface area contributed by atoms with Crippen LogP contribution in [0.25, 0.3) is 0 Å². The number of methoxy groups -OCH3 is 3. The van der Waals surface area contributed by atoms with Gasteiger partial charge in [0.05, 0.1) is 26.2 Å². The molecule has 248 valence electrons. The van der Waals surface area contributed by atoms with Crippen LogP contribution < -0.4 is 9.47 Å². The van der Waals surface area contributed by atoms with Gasteiger partial charge in [0.2, 0.25) is 0 Å². The number of ether oxygens (including phenoxy) is 5. The van der Waals surface area contributed by atoms with Crippen molar-refractivity contribution in [2.75, 3.05) is 41.2 Å². The van der Waals surface area contributed by atoms with Gasteiger partial charge in [0.15, 0.2) is 0 Å². The van der Waals surface area contributed by atoms with Gasteiger partial charge in [-0.15, -0.1) is 0 Å². The zero-order chi connectivity index (χ0) is 33.1. The number of rotatable bonds is 10. The molecule has 3 atom stereocenters. The number of carbonyl (C=O) groups excluding carboxylic acids is 1. The zero-order valence-electron chi connectivity index (χ0n) is 26.0. The molecule has 0 unspecified atom stereocenters. The Bertz CT molecular complexity index is 1540. The summed E-state index contributed by atoms with van der Waals surface area (Å²) in [6, 6.07) is 15.2. The average Bonchev–Trinajstić information content (AvgIpc) is 3.74. The number of esters is 1. The molecule has 3 aliphatic rings. The summed E-state index contributed by atoms with van der Waals surface area (Å²) in [7, 11) is 3.90. The Morgan fingerprint density at radius 1 is 0.848 bits per heavy atom. The third kappa shape index (κ3) is 7.01. The minimum Gasteiger partial charge on any atom is -0.492 e. The Morgan fingerprint density at radius 3 is 2.09 bits per heavy atom. The van der Waals surface area contributed by atoms with E-state index in [9.17, 15) is 27.5 Å². The summed E-state index contributed by atoms with van der Waals surface area (Å²) < 4.78 is 82.2. The van der Waals surface area contributed by atoms with E-state index in [-0.39, 0.29) is 35.5 Å². The third-order valence-corrected chi connectivity index (χ3v) is 8.68. The lowest BCUT2D eigenvalue weighted by Crippen LogP contribution is -2.22. The molecule has 6 rings (SSSR count). The van der Waals surface area contributed by atoms with Crippen molar-refractivity contribution in [2.24, 2.45) is 0 Å². The van der Waals surface area contributed by atoms with Crippen molar-refractivity contribution >= 4 is 5.97 Å². The lowest BCUT2D eigenvalue weighted by atomic mass is 9.97. The van der Waals surface area contributed by atoms with Gasteiger partial charge >= 0.3 is 5.97 Å². The number of carbonyl (C=O) groups is 1. The van der Waals surface area contributed by atoms with E-state index in [1.54, 1.807) is 24.3 Å². The van der Waals surface area contributed by atoms with Gasteiger partial charge in [-0.1, -0.05) is 42.5 Å². The molecule has 0 saturated carbocycles. The first-order valence-corrected chi connectivity index (χ1v) is 15.1. The lowest BCUT2D eigenvalue weighted by Gasteiger charge is -2.20. The van der Waals surface area contributed by atoms with Gasteiger partial charge in [-0.25, -0.2) is 0 Å². The van der Waals surface area contributed by atoms with Crippen molar-refractivity contribution in [1.29, 1.82) is 0 Å². The molecule has 1 aliphatic heterocycles. The fraction of sp³-hybridized carbons (Fsp3) is 0.457. The number of aliphatic hydroxyl groups is 1. The lowest BCUT2D eigenvalue weighted by molar-refractivity contribution is -0.141. The molecule has 0 spiro atoms. The van der Waals surface area contributed by atoms with E-state index in [0.29, 0.717) is 60.5 Å². The van der Waals surface area contributed by atoms with E-state index in [1.807, 2.05) is 18.2 Å². The molecule has 0 fully saturated rings. The second-order valence-electron chi connectivity index (χ2n) is 11.7. The highest BCUT2D eigenvalue weighted by Gasteiger charge is 2.39. The molecule has 3 aromatic rings. The van der Waals surface area contributed by atoms with E-state index < -0.39 is 31.2 Å². The van der Waals surface area contributed by atoms with Crippen molar-refractivity contribution in [1.82, 2.24) is 0 Å².